The van der Waals surface area contributed by atoms with Crippen LogP contribution in [0.4, 0.5) is 5.69 Å². The Morgan fingerprint density at radius 1 is 1.16 bits per heavy atom. The van der Waals surface area contributed by atoms with E-state index in [4.69, 9.17) is 26.1 Å². The highest BCUT2D eigenvalue weighted by Gasteiger charge is 2.54. The third kappa shape index (κ3) is 3.13. The zero-order valence-electron chi connectivity index (χ0n) is 16.9. The van der Waals surface area contributed by atoms with Crippen molar-refractivity contribution in [3.63, 3.8) is 0 Å². The Morgan fingerprint density at radius 3 is 2.61 bits per heavy atom. The summed E-state index contributed by atoms with van der Waals surface area (Å²) < 4.78 is 18.2. The molecular weight excluding hydrogens is 480 g/mol. The van der Waals surface area contributed by atoms with Crippen LogP contribution in [0.3, 0.4) is 0 Å². The maximum Gasteiger partial charge on any atom is 0.296 e. The minimum absolute atomic E-state index is 0.210. The summed E-state index contributed by atoms with van der Waals surface area (Å²) in [4.78, 5) is 17.1. The van der Waals surface area contributed by atoms with Crippen LogP contribution in [0.2, 0.25) is 0 Å². The standard InChI is InChI=1S/C23H19BrN2O4S/c1-23-13-16(15-9-6-10-17(28-2)20(15)30-23)25(21(27)18-11-12-19(24)29-18)22(31)26(23)14-7-4-3-5-8-14/h3-12,16H,13H2,1-2H3/t16-,23+/m1/s1. The third-order valence-electron chi connectivity index (χ3n) is 5.68. The van der Waals surface area contributed by atoms with Gasteiger partial charge in [0.2, 0.25) is 0 Å². The van der Waals surface area contributed by atoms with Crippen molar-refractivity contribution >= 4 is 44.9 Å². The Kier molecular flexibility index (Phi) is 4.79. The number of ether oxygens (including phenoxy) is 2. The summed E-state index contributed by atoms with van der Waals surface area (Å²) in [5.41, 5.74) is 0.890. The zero-order chi connectivity index (χ0) is 21.8. The summed E-state index contributed by atoms with van der Waals surface area (Å²) in [6.07, 6.45) is 0.524. The number of amides is 1. The first-order chi connectivity index (χ1) is 14.9. The summed E-state index contributed by atoms with van der Waals surface area (Å²) in [6.45, 7) is 1.99. The number of carbonyl (C=O) groups excluding carboxylic acids is 1. The minimum atomic E-state index is -0.800. The molecule has 1 saturated heterocycles. The molecule has 2 bridgehead atoms. The lowest BCUT2D eigenvalue weighted by atomic mass is 9.88. The lowest BCUT2D eigenvalue weighted by Gasteiger charge is -2.55. The molecule has 0 N–H and O–H groups in total. The lowest BCUT2D eigenvalue weighted by Crippen LogP contribution is -2.67. The second-order valence-corrected chi connectivity index (χ2v) is 8.75. The van der Waals surface area contributed by atoms with Crippen LogP contribution in [0, 0.1) is 0 Å². The van der Waals surface area contributed by atoms with Crippen LogP contribution in [-0.4, -0.2) is 28.8 Å². The molecule has 1 fully saturated rings. The molecule has 0 saturated carbocycles. The summed E-state index contributed by atoms with van der Waals surface area (Å²) >= 11 is 9.17. The van der Waals surface area contributed by atoms with Crippen molar-refractivity contribution in [3.8, 4) is 11.5 Å². The van der Waals surface area contributed by atoms with Gasteiger partial charge in [-0.15, -0.1) is 0 Å². The van der Waals surface area contributed by atoms with E-state index in [9.17, 15) is 4.79 Å². The fourth-order valence-corrected chi connectivity index (χ4v) is 5.16. The third-order valence-corrected chi connectivity index (χ3v) is 6.49. The van der Waals surface area contributed by atoms with Gasteiger partial charge >= 0.3 is 0 Å². The molecule has 1 aromatic heterocycles. The number of rotatable bonds is 3. The average Bonchev–Trinajstić information content (AvgIpc) is 3.20. The summed E-state index contributed by atoms with van der Waals surface area (Å²) in [5.74, 6) is 1.13. The quantitative estimate of drug-likeness (QED) is 0.442. The molecule has 2 aliphatic heterocycles. The highest BCUT2D eigenvalue weighted by molar-refractivity contribution is 9.10. The van der Waals surface area contributed by atoms with Gasteiger partial charge in [0.05, 0.1) is 13.2 Å². The smallest absolute Gasteiger partial charge is 0.296 e. The van der Waals surface area contributed by atoms with Crippen molar-refractivity contribution in [1.82, 2.24) is 4.90 Å². The molecule has 31 heavy (non-hydrogen) atoms. The summed E-state index contributed by atoms with van der Waals surface area (Å²) in [5, 5.41) is 0.357. The first-order valence-corrected chi connectivity index (χ1v) is 11.0. The molecule has 6 nitrogen and oxygen atoms in total. The van der Waals surface area contributed by atoms with E-state index in [2.05, 4.69) is 15.9 Å². The van der Waals surface area contributed by atoms with Gasteiger partial charge in [0.25, 0.3) is 5.91 Å². The maximum absolute atomic E-state index is 13.6. The number of anilines is 1. The largest absolute Gasteiger partial charge is 0.493 e. The Balaban J connectivity index is 1.70. The van der Waals surface area contributed by atoms with Crippen molar-refractivity contribution in [3.05, 3.63) is 76.7 Å². The molecule has 0 spiro atoms. The second kappa shape index (κ2) is 7.39. The number of hydrogen-bond acceptors (Lipinski definition) is 5. The van der Waals surface area contributed by atoms with Gasteiger partial charge in [0.15, 0.2) is 32.8 Å². The van der Waals surface area contributed by atoms with E-state index in [-0.39, 0.29) is 17.7 Å². The van der Waals surface area contributed by atoms with E-state index >= 15 is 0 Å². The van der Waals surface area contributed by atoms with Crippen LogP contribution in [0.15, 0.2) is 69.8 Å². The summed E-state index contributed by atoms with van der Waals surface area (Å²) in [6, 6.07) is 18.4. The predicted octanol–water partition coefficient (Wildman–Crippen LogP) is 5.54. The minimum Gasteiger partial charge on any atom is -0.493 e. The van der Waals surface area contributed by atoms with Gasteiger partial charge in [0, 0.05) is 17.7 Å². The van der Waals surface area contributed by atoms with Gasteiger partial charge in [-0.1, -0.05) is 30.3 Å². The summed E-state index contributed by atoms with van der Waals surface area (Å²) in [7, 11) is 1.61. The number of fused-ring (bicyclic) bond motifs is 4. The van der Waals surface area contributed by atoms with Crippen LogP contribution in [-0.2, 0) is 0 Å². The van der Waals surface area contributed by atoms with Crippen molar-refractivity contribution in [2.45, 2.75) is 25.1 Å². The molecule has 0 unspecified atom stereocenters. The van der Waals surface area contributed by atoms with E-state index in [0.29, 0.717) is 27.7 Å². The van der Waals surface area contributed by atoms with Crippen molar-refractivity contribution in [2.75, 3.05) is 12.0 Å². The molecule has 3 aromatic rings. The van der Waals surface area contributed by atoms with Crippen molar-refractivity contribution in [2.24, 2.45) is 0 Å². The number of methoxy groups -OCH3 is 1. The lowest BCUT2D eigenvalue weighted by molar-refractivity contribution is 0.0152. The Labute approximate surface area is 193 Å². The fraction of sp³-hybridized carbons (Fsp3) is 0.217. The average molecular weight is 499 g/mol. The Hall–Kier alpha value is -2.84. The number of thiocarbonyl (C=S) groups is 1. The van der Waals surface area contributed by atoms with Crippen LogP contribution in [0.25, 0.3) is 0 Å². The van der Waals surface area contributed by atoms with Gasteiger partial charge in [-0.25, -0.2) is 0 Å². The van der Waals surface area contributed by atoms with Crippen molar-refractivity contribution in [1.29, 1.82) is 0 Å². The van der Waals surface area contributed by atoms with Gasteiger partial charge in [-0.3, -0.25) is 14.6 Å². The van der Waals surface area contributed by atoms with Crippen LogP contribution in [0.1, 0.15) is 35.5 Å². The normalized spacial score (nSPS) is 22.0. The monoisotopic (exact) mass is 498 g/mol. The van der Waals surface area contributed by atoms with E-state index in [1.54, 1.807) is 24.1 Å². The topological polar surface area (TPSA) is 55.2 Å². The van der Waals surface area contributed by atoms with Crippen LogP contribution < -0.4 is 14.4 Å². The number of hydrogen-bond donors (Lipinski definition) is 0. The van der Waals surface area contributed by atoms with Gasteiger partial charge in [-0.2, -0.15) is 0 Å². The van der Waals surface area contributed by atoms with Gasteiger partial charge < -0.3 is 13.9 Å². The SMILES string of the molecule is COc1cccc2c1O[C@@]1(C)C[C@H]2N(C(=O)c2ccc(Br)o2)C(=S)N1c1ccccc1. The van der Waals surface area contributed by atoms with Gasteiger partial charge in [-0.05, 0) is 65.4 Å². The molecule has 2 aliphatic rings. The Morgan fingerprint density at radius 2 is 1.94 bits per heavy atom. The maximum atomic E-state index is 13.6. The molecule has 0 radical (unpaired) electrons. The Bertz CT molecular complexity index is 1180. The van der Waals surface area contributed by atoms with E-state index in [0.717, 1.165) is 11.3 Å². The molecule has 1 amide bonds. The molecule has 8 heteroatoms. The highest BCUT2D eigenvalue weighted by Crippen LogP contribution is 2.52. The molecular formula is C23H19BrN2O4S. The predicted molar refractivity (Wildman–Crippen MR) is 123 cm³/mol. The molecule has 2 aromatic carbocycles. The number of carbonyl (C=O) groups is 1. The highest BCUT2D eigenvalue weighted by atomic mass is 79.9. The first kappa shape index (κ1) is 20.1. The number of nitrogens with zero attached hydrogens (tertiary/aromatic N) is 2. The van der Waals surface area contributed by atoms with Crippen LogP contribution in [0.5, 0.6) is 11.5 Å². The number of halogens is 1. The van der Waals surface area contributed by atoms with E-state index in [1.807, 2.05) is 60.4 Å². The van der Waals surface area contributed by atoms with Gasteiger partial charge in [0.1, 0.15) is 0 Å². The molecule has 2 atom stereocenters. The van der Waals surface area contributed by atoms with Crippen LogP contribution >= 0.6 is 28.1 Å². The number of benzene rings is 2. The fourth-order valence-electron chi connectivity index (χ4n) is 4.34. The first-order valence-electron chi connectivity index (χ1n) is 9.77. The number of para-hydroxylation sites is 2. The zero-order valence-corrected chi connectivity index (χ0v) is 19.3. The second-order valence-electron chi connectivity index (χ2n) is 7.61. The molecule has 0 aliphatic carbocycles. The van der Waals surface area contributed by atoms with E-state index < -0.39 is 5.72 Å². The van der Waals surface area contributed by atoms with E-state index in [1.165, 1.54) is 0 Å². The number of furan rings is 1. The molecule has 158 valence electrons. The van der Waals surface area contributed by atoms with Crippen molar-refractivity contribution < 1.29 is 18.7 Å². The molecule has 3 heterocycles. The molecule has 5 rings (SSSR count).